The van der Waals surface area contributed by atoms with Crippen LogP contribution in [0, 0.1) is 11.8 Å². The van der Waals surface area contributed by atoms with E-state index in [9.17, 15) is 13.2 Å². The van der Waals surface area contributed by atoms with Crippen LogP contribution in [-0.2, 0) is 10.0 Å². The number of rotatable bonds is 3. The molecule has 2 aliphatic heterocycles. The van der Waals surface area contributed by atoms with Gasteiger partial charge in [0.1, 0.15) is 0 Å². The molecule has 2 atom stereocenters. The summed E-state index contributed by atoms with van der Waals surface area (Å²) in [5, 5.41) is 0.327. The highest BCUT2D eigenvalue weighted by Gasteiger charge is 2.34. The first kappa shape index (κ1) is 20.2. The van der Waals surface area contributed by atoms with E-state index in [1.807, 2.05) is 4.90 Å². The topological polar surface area (TPSA) is 57.7 Å². The van der Waals surface area contributed by atoms with Crippen molar-refractivity contribution >= 4 is 27.5 Å². The Kier molecular flexibility index (Phi) is 6.00. The van der Waals surface area contributed by atoms with Gasteiger partial charge in [0.15, 0.2) is 0 Å². The van der Waals surface area contributed by atoms with E-state index in [1.165, 1.54) is 42.1 Å². The van der Waals surface area contributed by atoms with E-state index in [0.29, 0.717) is 29.6 Å². The maximum absolute atomic E-state index is 13.2. The third-order valence-corrected chi connectivity index (χ3v) is 8.92. The van der Waals surface area contributed by atoms with Crippen molar-refractivity contribution in [2.24, 2.45) is 11.8 Å². The van der Waals surface area contributed by atoms with Crippen molar-refractivity contribution in [2.45, 2.75) is 56.3 Å². The van der Waals surface area contributed by atoms with Crippen LogP contribution in [0.3, 0.4) is 0 Å². The van der Waals surface area contributed by atoms with Gasteiger partial charge in [-0.25, -0.2) is 8.42 Å². The van der Waals surface area contributed by atoms with Crippen molar-refractivity contribution in [3.8, 4) is 0 Å². The molecule has 0 radical (unpaired) electrons. The molecule has 2 saturated heterocycles. The Morgan fingerprint density at radius 3 is 2.39 bits per heavy atom. The minimum atomic E-state index is -3.58. The van der Waals surface area contributed by atoms with Crippen LogP contribution in [0.25, 0.3) is 0 Å². The lowest BCUT2D eigenvalue weighted by Gasteiger charge is -2.41. The molecule has 1 aromatic carbocycles. The number of hydrogen-bond acceptors (Lipinski definition) is 3. The van der Waals surface area contributed by atoms with Crippen molar-refractivity contribution < 1.29 is 13.2 Å². The van der Waals surface area contributed by atoms with Crippen molar-refractivity contribution in [1.29, 1.82) is 0 Å². The Hall–Kier alpha value is -1.11. The van der Waals surface area contributed by atoms with Crippen molar-refractivity contribution in [1.82, 2.24) is 9.21 Å². The van der Waals surface area contributed by atoms with Crippen LogP contribution in [-0.4, -0.2) is 49.7 Å². The lowest BCUT2D eigenvalue weighted by Crippen LogP contribution is -2.44. The smallest absolute Gasteiger partial charge is 0.255 e. The Labute approximate surface area is 173 Å². The second-order valence-corrected chi connectivity index (χ2v) is 10.8. The maximum atomic E-state index is 13.2. The average Bonchev–Trinajstić information content (AvgIpc) is 2.73. The highest BCUT2D eigenvalue weighted by Crippen LogP contribution is 2.37. The van der Waals surface area contributed by atoms with Crippen LogP contribution < -0.4 is 0 Å². The van der Waals surface area contributed by atoms with Gasteiger partial charge in [-0.05, 0) is 55.7 Å². The van der Waals surface area contributed by atoms with Gasteiger partial charge < -0.3 is 4.90 Å². The minimum absolute atomic E-state index is 0.135. The third kappa shape index (κ3) is 3.96. The zero-order valence-corrected chi connectivity index (χ0v) is 17.8. The summed E-state index contributed by atoms with van der Waals surface area (Å²) < 4.78 is 27.5. The Balaban J connectivity index is 1.56. The van der Waals surface area contributed by atoms with Crippen molar-refractivity contribution in [3.63, 3.8) is 0 Å². The van der Waals surface area contributed by atoms with Gasteiger partial charge in [-0.2, -0.15) is 4.31 Å². The number of piperidine rings is 2. The molecule has 0 N–H and O–H groups in total. The van der Waals surface area contributed by atoms with Gasteiger partial charge in [-0.3, -0.25) is 4.79 Å². The first-order valence-electron chi connectivity index (χ1n) is 10.6. The quantitative estimate of drug-likeness (QED) is 0.731. The summed E-state index contributed by atoms with van der Waals surface area (Å²) in [7, 11) is -3.58. The molecule has 1 aliphatic carbocycles. The summed E-state index contributed by atoms with van der Waals surface area (Å²) in [6.07, 6.45) is 8.88. The zero-order valence-electron chi connectivity index (χ0n) is 16.3. The SMILES string of the molecule is O=C(c1cc(S(=O)(=O)N2CCCCC2)ccc1Cl)N1CC[C@H]2CCCC[C@@H]2C1. The molecule has 3 aliphatic rings. The molecule has 2 heterocycles. The minimum Gasteiger partial charge on any atom is -0.338 e. The summed E-state index contributed by atoms with van der Waals surface area (Å²) in [6, 6.07) is 4.57. The molecule has 1 amide bonds. The van der Waals surface area contributed by atoms with Crippen molar-refractivity contribution in [3.05, 3.63) is 28.8 Å². The zero-order chi connectivity index (χ0) is 19.7. The van der Waals surface area contributed by atoms with Crippen LogP contribution in [0.1, 0.15) is 61.7 Å². The Morgan fingerprint density at radius 1 is 0.929 bits per heavy atom. The number of sulfonamides is 1. The van der Waals surface area contributed by atoms with E-state index in [-0.39, 0.29) is 10.8 Å². The largest absolute Gasteiger partial charge is 0.338 e. The van der Waals surface area contributed by atoms with Crippen LogP contribution in [0.4, 0.5) is 0 Å². The van der Waals surface area contributed by atoms with Gasteiger partial charge in [-0.15, -0.1) is 0 Å². The molecule has 0 spiro atoms. The van der Waals surface area contributed by atoms with Crippen LogP contribution >= 0.6 is 11.6 Å². The normalized spacial score (nSPS) is 26.7. The predicted octanol–water partition coefficient (Wildman–Crippen LogP) is 4.17. The fourth-order valence-electron chi connectivity index (χ4n) is 5.04. The number of hydrogen-bond donors (Lipinski definition) is 0. The standard InChI is InChI=1S/C21H29ClN2O3S/c22-20-9-8-18(28(26,27)24-11-4-1-5-12-24)14-19(20)21(25)23-13-10-16-6-2-3-7-17(16)15-23/h8-9,14,16-17H,1-7,10-13,15H2/t16-,17-/m1/s1. The van der Waals surface area contributed by atoms with E-state index in [1.54, 1.807) is 6.07 Å². The van der Waals surface area contributed by atoms with Crippen LogP contribution in [0.15, 0.2) is 23.1 Å². The molecule has 4 rings (SSSR count). The molecule has 1 aromatic rings. The number of nitrogens with zero attached hydrogens (tertiary/aromatic N) is 2. The molecule has 0 aromatic heterocycles. The van der Waals surface area contributed by atoms with Gasteiger partial charge in [0.2, 0.25) is 10.0 Å². The first-order chi connectivity index (χ1) is 13.5. The summed E-state index contributed by atoms with van der Waals surface area (Å²) >= 11 is 6.33. The van der Waals surface area contributed by atoms with Gasteiger partial charge >= 0.3 is 0 Å². The number of carbonyl (C=O) groups is 1. The van der Waals surface area contributed by atoms with Crippen molar-refractivity contribution in [2.75, 3.05) is 26.2 Å². The summed E-state index contributed by atoms with van der Waals surface area (Å²) in [4.78, 5) is 15.2. The van der Waals surface area contributed by atoms with E-state index >= 15 is 0 Å². The van der Waals surface area contributed by atoms with Crippen LogP contribution in [0.5, 0.6) is 0 Å². The lowest BCUT2D eigenvalue weighted by atomic mass is 9.75. The second kappa shape index (κ2) is 8.33. The molecule has 5 nitrogen and oxygen atoms in total. The molecule has 7 heteroatoms. The molecule has 3 fully saturated rings. The monoisotopic (exact) mass is 424 g/mol. The van der Waals surface area contributed by atoms with E-state index in [4.69, 9.17) is 11.6 Å². The van der Waals surface area contributed by atoms with Gasteiger partial charge in [0.05, 0.1) is 15.5 Å². The molecule has 0 bridgehead atoms. The maximum Gasteiger partial charge on any atom is 0.255 e. The molecule has 1 saturated carbocycles. The van der Waals surface area contributed by atoms with Crippen LogP contribution in [0.2, 0.25) is 5.02 Å². The number of carbonyl (C=O) groups excluding carboxylic acids is 1. The number of likely N-dealkylation sites (tertiary alicyclic amines) is 1. The fourth-order valence-corrected chi connectivity index (χ4v) is 6.78. The predicted molar refractivity (Wildman–Crippen MR) is 110 cm³/mol. The highest BCUT2D eigenvalue weighted by atomic mass is 35.5. The molecule has 0 unspecified atom stereocenters. The van der Waals surface area contributed by atoms with Gasteiger partial charge in [0.25, 0.3) is 5.91 Å². The molecular weight excluding hydrogens is 396 g/mol. The first-order valence-corrected chi connectivity index (χ1v) is 12.4. The molecule has 154 valence electrons. The Bertz CT molecular complexity index is 836. The summed E-state index contributed by atoms with van der Waals surface area (Å²) in [5.41, 5.74) is 0.314. The number of halogens is 1. The van der Waals surface area contributed by atoms with Gasteiger partial charge in [-0.1, -0.05) is 37.3 Å². The van der Waals surface area contributed by atoms with E-state index in [0.717, 1.165) is 44.7 Å². The number of benzene rings is 1. The number of amides is 1. The molecular formula is C21H29ClN2O3S. The van der Waals surface area contributed by atoms with E-state index < -0.39 is 10.0 Å². The summed E-state index contributed by atoms with van der Waals surface area (Å²) in [6.45, 7) is 2.59. The summed E-state index contributed by atoms with van der Waals surface area (Å²) in [5.74, 6) is 1.18. The second-order valence-electron chi connectivity index (χ2n) is 8.45. The number of fused-ring (bicyclic) bond motifs is 1. The Morgan fingerprint density at radius 2 is 1.64 bits per heavy atom. The third-order valence-electron chi connectivity index (χ3n) is 6.70. The van der Waals surface area contributed by atoms with E-state index in [2.05, 4.69) is 0 Å². The average molecular weight is 425 g/mol. The lowest BCUT2D eigenvalue weighted by molar-refractivity contribution is 0.0521. The fraction of sp³-hybridized carbons (Fsp3) is 0.667. The van der Waals surface area contributed by atoms with Gasteiger partial charge in [0, 0.05) is 26.2 Å². The highest BCUT2D eigenvalue weighted by molar-refractivity contribution is 7.89. The molecule has 28 heavy (non-hydrogen) atoms.